The number of nitrogens with one attached hydrogen (secondary N) is 2. The second-order valence-corrected chi connectivity index (χ2v) is 9.57. The topological polar surface area (TPSA) is 80.3 Å². The molecule has 8 heteroatoms. The van der Waals surface area contributed by atoms with Gasteiger partial charge in [-0.3, -0.25) is 9.59 Å². The number of anilines is 2. The number of amides is 2. The lowest BCUT2D eigenvalue weighted by Crippen LogP contribution is -2.21. The molecular weight excluding hydrogens is 466 g/mol. The van der Waals surface area contributed by atoms with Crippen molar-refractivity contribution in [3.05, 3.63) is 83.2 Å². The van der Waals surface area contributed by atoms with E-state index in [1.165, 1.54) is 6.92 Å². The van der Waals surface area contributed by atoms with E-state index >= 15 is 0 Å². The van der Waals surface area contributed by atoms with Crippen molar-refractivity contribution >= 4 is 46.3 Å². The molecule has 0 atom stereocenters. The molecular formula is C26H23N3O3S2. The van der Waals surface area contributed by atoms with Gasteiger partial charge in [0.15, 0.2) is 6.61 Å². The molecule has 0 saturated heterocycles. The molecule has 0 radical (unpaired) electrons. The Bertz CT molecular complexity index is 1310. The third kappa shape index (κ3) is 6.24. The fourth-order valence-corrected chi connectivity index (χ4v) is 4.75. The van der Waals surface area contributed by atoms with Crippen LogP contribution in [0.1, 0.15) is 11.9 Å². The van der Waals surface area contributed by atoms with Gasteiger partial charge in [0.2, 0.25) is 5.91 Å². The van der Waals surface area contributed by atoms with E-state index in [2.05, 4.69) is 15.6 Å². The summed E-state index contributed by atoms with van der Waals surface area (Å²) in [5.74, 6) is -0.116. The van der Waals surface area contributed by atoms with Gasteiger partial charge in [-0.15, -0.1) is 11.3 Å². The largest absolute Gasteiger partial charge is 0.482 e. The summed E-state index contributed by atoms with van der Waals surface area (Å²) in [7, 11) is 0. The second kappa shape index (κ2) is 11.0. The molecule has 34 heavy (non-hydrogen) atoms. The predicted octanol–water partition coefficient (Wildman–Crippen LogP) is 6.25. The zero-order valence-corrected chi connectivity index (χ0v) is 20.3. The Morgan fingerprint density at radius 1 is 0.971 bits per heavy atom. The Labute approximate surface area is 206 Å². The molecule has 0 saturated carbocycles. The van der Waals surface area contributed by atoms with Crippen LogP contribution in [0, 0.1) is 6.92 Å². The number of para-hydroxylation sites is 1. The van der Waals surface area contributed by atoms with Gasteiger partial charge in [-0.1, -0.05) is 42.1 Å². The van der Waals surface area contributed by atoms with Crippen LogP contribution in [-0.2, 0) is 9.59 Å². The number of hydrogen-bond donors (Lipinski definition) is 2. The first kappa shape index (κ1) is 23.5. The number of carbonyl (C=O) groups excluding carboxylic acids is 2. The molecule has 0 bridgehead atoms. The van der Waals surface area contributed by atoms with E-state index in [0.29, 0.717) is 17.1 Å². The van der Waals surface area contributed by atoms with Gasteiger partial charge in [0.05, 0.1) is 22.1 Å². The Morgan fingerprint density at radius 3 is 2.47 bits per heavy atom. The molecule has 0 aliphatic carbocycles. The number of aryl methyl sites for hydroxylation is 1. The first-order valence-electron chi connectivity index (χ1n) is 10.6. The number of nitrogens with zero attached hydrogens (tertiary/aromatic N) is 1. The number of hydrogen-bond acceptors (Lipinski definition) is 6. The summed E-state index contributed by atoms with van der Waals surface area (Å²) in [4.78, 5) is 30.9. The van der Waals surface area contributed by atoms with Crippen LogP contribution in [0.15, 0.2) is 88.0 Å². The molecule has 4 rings (SSSR count). The van der Waals surface area contributed by atoms with Crippen molar-refractivity contribution in [1.82, 2.24) is 4.98 Å². The van der Waals surface area contributed by atoms with Crippen molar-refractivity contribution in [1.29, 1.82) is 0 Å². The van der Waals surface area contributed by atoms with E-state index < -0.39 is 0 Å². The van der Waals surface area contributed by atoms with E-state index in [-0.39, 0.29) is 18.4 Å². The summed E-state index contributed by atoms with van der Waals surface area (Å²) in [5, 5.41) is 8.61. The minimum Gasteiger partial charge on any atom is -0.482 e. The SMILES string of the molecule is CC(=O)Nc1cc(-c2csc(C)n2)ccc1OCC(=O)Nc1ccccc1Sc1ccccc1. The maximum absolute atomic E-state index is 12.7. The van der Waals surface area contributed by atoms with Crippen LogP contribution in [-0.4, -0.2) is 23.4 Å². The summed E-state index contributed by atoms with van der Waals surface area (Å²) in [5.41, 5.74) is 2.88. The third-order valence-electron chi connectivity index (χ3n) is 4.70. The average molecular weight is 490 g/mol. The first-order chi connectivity index (χ1) is 16.5. The Balaban J connectivity index is 1.45. The quantitative estimate of drug-likeness (QED) is 0.306. The molecule has 0 unspecified atom stereocenters. The predicted molar refractivity (Wildman–Crippen MR) is 138 cm³/mol. The highest BCUT2D eigenvalue weighted by molar-refractivity contribution is 7.99. The Hall–Kier alpha value is -3.62. The summed E-state index contributed by atoms with van der Waals surface area (Å²) in [6.45, 7) is 3.17. The van der Waals surface area contributed by atoms with Gasteiger partial charge >= 0.3 is 0 Å². The maximum atomic E-state index is 12.7. The molecule has 0 aliphatic rings. The van der Waals surface area contributed by atoms with Crippen LogP contribution in [0.4, 0.5) is 11.4 Å². The van der Waals surface area contributed by atoms with Crippen LogP contribution < -0.4 is 15.4 Å². The lowest BCUT2D eigenvalue weighted by atomic mass is 10.1. The number of ether oxygens (including phenoxy) is 1. The van der Waals surface area contributed by atoms with E-state index in [4.69, 9.17) is 4.74 Å². The maximum Gasteiger partial charge on any atom is 0.262 e. The van der Waals surface area contributed by atoms with Crippen LogP contribution >= 0.6 is 23.1 Å². The summed E-state index contributed by atoms with van der Waals surface area (Å²) < 4.78 is 5.77. The van der Waals surface area contributed by atoms with Gasteiger partial charge in [-0.25, -0.2) is 4.98 Å². The minimum absolute atomic E-state index is 0.202. The summed E-state index contributed by atoms with van der Waals surface area (Å²) >= 11 is 3.13. The van der Waals surface area contributed by atoms with Crippen molar-refractivity contribution in [3.63, 3.8) is 0 Å². The second-order valence-electron chi connectivity index (χ2n) is 7.39. The third-order valence-corrected chi connectivity index (χ3v) is 6.55. The lowest BCUT2D eigenvalue weighted by Gasteiger charge is -2.14. The molecule has 3 aromatic carbocycles. The normalized spacial score (nSPS) is 10.5. The molecule has 1 heterocycles. The number of aromatic nitrogens is 1. The highest BCUT2D eigenvalue weighted by Crippen LogP contribution is 2.34. The molecule has 0 fully saturated rings. The monoisotopic (exact) mass is 489 g/mol. The van der Waals surface area contributed by atoms with Crippen molar-refractivity contribution in [2.45, 2.75) is 23.6 Å². The Kier molecular flexibility index (Phi) is 7.61. The number of benzene rings is 3. The number of carbonyl (C=O) groups is 2. The van der Waals surface area contributed by atoms with Crippen LogP contribution in [0.3, 0.4) is 0 Å². The molecule has 2 N–H and O–H groups in total. The fourth-order valence-electron chi connectivity index (χ4n) is 3.20. The van der Waals surface area contributed by atoms with Crippen molar-refractivity contribution in [3.8, 4) is 17.0 Å². The molecule has 0 aliphatic heterocycles. The molecule has 4 aromatic rings. The van der Waals surface area contributed by atoms with Crippen molar-refractivity contribution < 1.29 is 14.3 Å². The zero-order valence-electron chi connectivity index (χ0n) is 18.7. The van der Waals surface area contributed by atoms with E-state index in [9.17, 15) is 9.59 Å². The van der Waals surface area contributed by atoms with Crippen LogP contribution in [0.5, 0.6) is 5.75 Å². The van der Waals surface area contributed by atoms with E-state index in [1.54, 1.807) is 35.2 Å². The van der Waals surface area contributed by atoms with Crippen LogP contribution in [0.25, 0.3) is 11.3 Å². The van der Waals surface area contributed by atoms with E-state index in [1.807, 2.05) is 73.0 Å². The number of thiazole rings is 1. The fraction of sp³-hybridized carbons (Fsp3) is 0.115. The molecule has 0 spiro atoms. The summed E-state index contributed by atoms with van der Waals surface area (Å²) in [6.07, 6.45) is 0. The van der Waals surface area contributed by atoms with Gasteiger partial charge in [0.25, 0.3) is 5.91 Å². The first-order valence-corrected chi connectivity index (χ1v) is 12.3. The molecule has 6 nitrogen and oxygen atoms in total. The van der Waals surface area contributed by atoms with Gasteiger partial charge in [-0.05, 0) is 49.4 Å². The highest BCUT2D eigenvalue weighted by Gasteiger charge is 2.13. The van der Waals surface area contributed by atoms with Gasteiger partial charge in [0, 0.05) is 27.7 Å². The van der Waals surface area contributed by atoms with Crippen LogP contribution in [0.2, 0.25) is 0 Å². The highest BCUT2D eigenvalue weighted by atomic mass is 32.2. The molecule has 172 valence electrons. The van der Waals surface area contributed by atoms with E-state index in [0.717, 1.165) is 26.1 Å². The lowest BCUT2D eigenvalue weighted by molar-refractivity contribution is -0.118. The van der Waals surface area contributed by atoms with Gasteiger partial charge in [0.1, 0.15) is 5.75 Å². The van der Waals surface area contributed by atoms with Crippen molar-refractivity contribution in [2.24, 2.45) is 0 Å². The average Bonchev–Trinajstić information content (AvgIpc) is 3.26. The van der Waals surface area contributed by atoms with Crippen molar-refractivity contribution in [2.75, 3.05) is 17.2 Å². The summed E-state index contributed by atoms with van der Waals surface area (Å²) in [6, 6.07) is 23.0. The standard InChI is InChI=1S/C26H23N3O3S2/c1-17(30)27-22-14-19(23-16-33-18(2)28-23)12-13-24(22)32-15-26(31)29-21-10-6-7-11-25(21)34-20-8-4-3-5-9-20/h3-14,16H,15H2,1-2H3,(H,27,30)(H,29,31). The Morgan fingerprint density at radius 2 is 1.74 bits per heavy atom. The molecule has 2 amide bonds. The van der Waals surface area contributed by atoms with Gasteiger partial charge < -0.3 is 15.4 Å². The minimum atomic E-state index is -0.297. The smallest absolute Gasteiger partial charge is 0.262 e. The zero-order chi connectivity index (χ0) is 23.9. The number of rotatable bonds is 8. The van der Waals surface area contributed by atoms with Gasteiger partial charge in [-0.2, -0.15) is 0 Å². The molecule has 1 aromatic heterocycles.